The molecule has 3 atom stereocenters. The van der Waals surface area contributed by atoms with Crippen LogP contribution in [0.1, 0.15) is 40.2 Å². The van der Waals surface area contributed by atoms with Crippen LogP contribution in [-0.2, 0) is 0 Å². The van der Waals surface area contributed by atoms with Gasteiger partial charge in [0.2, 0.25) is 0 Å². The number of benzene rings is 1. The fourth-order valence-electron chi connectivity index (χ4n) is 3.69. The highest BCUT2D eigenvalue weighted by molar-refractivity contribution is 5.94. The van der Waals surface area contributed by atoms with Crippen molar-refractivity contribution < 1.29 is 9.21 Å². The zero-order valence-electron chi connectivity index (χ0n) is 12.4. The molecule has 114 valence electrons. The number of rotatable bonds is 2. The van der Waals surface area contributed by atoms with E-state index < -0.39 is 0 Å². The quantitative estimate of drug-likeness (QED) is 0.796. The van der Waals surface area contributed by atoms with Crippen molar-refractivity contribution in [3.8, 4) is 0 Å². The van der Waals surface area contributed by atoms with Crippen molar-refractivity contribution in [1.82, 2.24) is 10.6 Å². The first-order valence-corrected chi connectivity index (χ1v) is 7.67. The molecule has 5 heteroatoms. The number of amides is 1. The fraction of sp³-hybridized carbons (Fsp3) is 0.353. The van der Waals surface area contributed by atoms with Crippen LogP contribution in [0.15, 0.2) is 41.0 Å². The molecule has 1 saturated heterocycles. The monoisotopic (exact) mass is 297 g/mol. The Balaban J connectivity index is 1.75. The molecule has 3 unspecified atom stereocenters. The Morgan fingerprint density at radius 3 is 3.00 bits per heavy atom. The summed E-state index contributed by atoms with van der Waals surface area (Å²) in [7, 11) is 1.66. The van der Waals surface area contributed by atoms with Crippen LogP contribution in [0.3, 0.4) is 0 Å². The number of hydrogen-bond acceptors (Lipinski definition) is 4. The van der Waals surface area contributed by atoms with Gasteiger partial charge in [-0.15, -0.1) is 0 Å². The Morgan fingerprint density at radius 2 is 2.23 bits per heavy atom. The molecule has 3 N–H and O–H groups in total. The molecular formula is C17H19N3O2. The van der Waals surface area contributed by atoms with Gasteiger partial charge in [0.1, 0.15) is 5.76 Å². The first-order chi connectivity index (χ1) is 10.8. The summed E-state index contributed by atoms with van der Waals surface area (Å²) in [6.07, 6.45) is 2.81. The van der Waals surface area contributed by atoms with E-state index in [0.717, 1.165) is 24.4 Å². The molecule has 22 heavy (non-hydrogen) atoms. The molecule has 0 bridgehead atoms. The third-order valence-electron chi connectivity index (χ3n) is 4.73. The first-order valence-electron chi connectivity index (χ1n) is 7.67. The smallest absolute Gasteiger partial charge is 0.251 e. The number of anilines is 1. The van der Waals surface area contributed by atoms with Crippen LogP contribution in [0.4, 0.5) is 5.69 Å². The molecule has 0 saturated carbocycles. The number of fused-ring (bicyclic) bond motifs is 3. The van der Waals surface area contributed by atoms with E-state index in [-0.39, 0.29) is 18.0 Å². The van der Waals surface area contributed by atoms with Crippen molar-refractivity contribution in [3.05, 3.63) is 53.5 Å². The first kappa shape index (κ1) is 13.4. The van der Waals surface area contributed by atoms with Crippen LogP contribution in [0.2, 0.25) is 0 Å². The van der Waals surface area contributed by atoms with Crippen molar-refractivity contribution in [3.63, 3.8) is 0 Å². The van der Waals surface area contributed by atoms with Crippen molar-refractivity contribution in [1.29, 1.82) is 0 Å². The second-order valence-corrected chi connectivity index (χ2v) is 5.90. The van der Waals surface area contributed by atoms with Gasteiger partial charge in [0.15, 0.2) is 0 Å². The van der Waals surface area contributed by atoms with Crippen LogP contribution >= 0.6 is 0 Å². The maximum Gasteiger partial charge on any atom is 0.251 e. The van der Waals surface area contributed by atoms with Crippen molar-refractivity contribution in [2.45, 2.75) is 18.5 Å². The van der Waals surface area contributed by atoms with Crippen molar-refractivity contribution in [2.75, 3.05) is 18.9 Å². The molecule has 4 rings (SSSR count). The van der Waals surface area contributed by atoms with E-state index in [1.54, 1.807) is 13.3 Å². The van der Waals surface area contributed by atoms with E-state index in [4.69, 9.17) is 4.42 Å². The molecule has 2 aliphatic rings. The van der Waals surface area contributed by atoms with Gasteiger partial charge in [-0.2, -0.15) is 0 Å². The Hall–Kier alpha value is -2.27. The highest BCUT2D eigenvalue weighted by atomic mass is 16.3. The lowest BCUT2D eigenvalue weighted by Crippen LogP contribution is -2.32. The molecular weight excluding hydrogens is 278 g/mol. The van der Waals surface area contributed by atoms with Gasteiger partial charge in [-0.25, -0.2) is 0 Å². The molecule has 3 heterocycles. The lowest BCUT2D eigenvalue weighted by Gasteiger charge is -2.36. The van der Waals surface area contributed by atoms with Gasteiger partial charge in [-0.1, -0.05) is 0 Å². The normalized spacial score (nSPS) is 26.0. The van der Waals surface area contributed by atoms with Crippen LogP contribution in [0.5, 0.6) is 0 Å². The maximum absolute atomic E-state index is 11.9. The minimum absolute atomic E-state index is 0.0505. The minimum atomic E-state index is -0.0505. The summed E-state index contributed by atoms with van der Waals surface area (Å²) in [5.74, 6) is 1.35. The van der Waals surface area contributed by atoms with E-state index in [9.17, 15) is 4.79 Å². The molecule has 2 aromatic rings. The van der Waals surface area contributed by atoms with E-state index in [1.807, 2.05) is 30.3 Å². The summed E-state index contributed by atoms with van der Waals surface area (Å²) < 4.78 is 5.62. The van der Waals surface area contributed by atoms with Gasteiger partial charge < -0.3 is 20.4 Å². The predicted molar refractivity (Wildman–Crippen MR) is 83.8 cm³/mol. The van der Waals surface area contributed by atoms with Crippen LogP contribution < -0.4 is 16.0 Å². The van der Waals surface area contributed by atoms with Crippen molar-refractivity contribution >= 4 is 11.6 Å². The third-order valence-corrected chi connectivity index (χ3v) is 4.73. The van der Waals surface area contributed by atoms with Gasteiger partial charge in [0.25, 0.3) is 5.91 Å². The number of carbonyl (C=O) groups excluding carboxylic acids is 1. The average molecular weight is 297 g/mol. The zero-order valence-corrected chi connectivity index (χ0v) is 12.4. The number of hydrogen-bond donors (Lipinski definition) is 3. The number of nitrogens with one attached hydrogen (secondary N) is 3. The molecule has 0 spiro atoms. The fourth-order valence-corrected chi connectivity index (χ4v) is 3.69. The Labute approximate surface area is 129 Å². The highest BCUT2D eigenvalue weighted by Gasteiger charge is 2.41. The standard InChI is InChI=1S/C17H19N3O2/c1-18-17(21)10-4-5-13-12(9-10)15-11(6-7-19-15)16(20-13)14-3-2-8-22-14/h2-5,8-9,11,15-16,19-20H,6-7H2,1H3,(H,18,21). The molecule has 1 aromatic carbocycles. The summed E-state index contributed by atoms with van der Waals surface area (Å²) in [5, 5.41) is 9.85. The van der Waals surface area contributed by atoms with Gasteiger partial charge in [0.05, 0.1) is 12.3 Å². The molecule has 1 aromatic heterocycles. The molecule has 1 fully saturated rings. The summed E-state index contributed by atoms with van der Waals surface area (Å²) in [5.41, 5.74) is 2.95. The minimum Gasteiger partial charge on any atom is -0.467 e. The SMILES string of the molecule is CNC(=O)c1ccc2c(c1)C1NCCC1C(c1ccco1)N2. The molecule has 2 aliphatic heterocycles. The lowest BCUT2D eigenvalue weighted by atomic mass is 9.82. The Kier molecular flexibility index (Phi) is 3.15. The maximum atomic E-state index is 11.9. The van der Waals surface area contributed by atoms with E-state index in [2.05, 4.69) is 16.0 Å². The largest absolute Gasteiger partial charge is 0.467 e. The summed E-state index contributed by atoms with van der Waals surface area (Å²) in [6.45, 7) is 0.984. The molecule has 5 nitrogen and oxygen atoms in total. The predicted octanol–water partition coefficient (Wildman–Crippen LogP) is 2.46. The number of carbonyl (C=O) groups is 1. The van der Waals surface area contributed by atoms with E-state index in [0.29, 0.717) is 11.5 Å². The second kappa shape index (κ2) is 5.18. The average Bonchev–Trinajstić information content (AvgIpc) is 3.24. The van der Waals surface area contributed by atoms with Gasteiger partial charge in [-0.05, 0) is 48.9 Å². The van der Waals surface area contributed by atoms with Crippen LogP contribution in [0, 0.1) is 5.92 Å². The van der Waals surface area contributed by atoms with Gasteiger partial charge in [0, 0.05) is 30.3 Å². The highest BCUT2D eigenvalue weighted by Crippen LogP contribution is 2.47. The van der Waals surface area contributed by atoms with Crippen LogP contribution in [-0.4, -0.2) is 19.5 Å². The summed E-state index contributed by atoms with van der Waals surface area (Å²) in [6, 6.07) is 10.2. The van der Waals surface area contributed by atoms with Gasteiger partial charge in [-0.3, -0.25) is 4.79 Å². The lowest BCUT2D eigenvalue weighted by molar-refractivity contribution is 0.0963. The van der Waals surface area contributed by atoms with Gasteiger partial charge >= 0.3 is 0 Å². The zero-order chi connectivity index (χ0) is 15.1. The topological polar surface area (TPSA) is 66.3 Å². The van der Waals surface area contributed by atoms with Crippen molar-refractivity contribution in [2.24, 2.45) is 5.92 Å². The summed E-state index contributed by atoms with van der Waals surface area (Å²) in [4.78, 5) is 11.9. The Morgan fingerprint density at radius 1 is 1.32 bits per heavy atom. The summed E-state index contributed by atoms with van der Waals surface area (Å²) >= 11 is 0. The second-order valence-electron chi connectivity index (χ2n) is 5.90. The molecule has 0 radical (unpaired) electrons. The molecule has 0 aliphatic carbocycles. The van der Waals surface area contributed by atoms with E-state index in [1.165, 1.54) is 5.56 Å². The van der Waals surface area contributed by atoms with E-state index >= 15 is 0 Å². The molecule has 1 amide bonds. The Bertz CT molecular complexity index is 696. The van der Waals surface area contributed by atoms with Crippen LogP contribution in [0.25, 0.3) is 0 Å². The number of furan rings is 1. The third kappa shape index (κ3) is 2.01.